The van der Waals surface area contributed by atoms with Crippen LogP contribution >= 0.6 is 0 Å². The van der Waals surface area contributed by atoms with Crippen molar-refractivity contribution >= 4 is 40.0 Å². The van der Waals surface area contributed by atoms with Gasteiger partial charge in [-0.25, -0.2) is 19.2 Å². The van der Waals surface area contributed by atoms with Gasteiger partial charge in [-0.05, 0) is 42.8 Å². The van der Waals surface area contributed by atoms with Crippen molar-refractivity contribution in [3.8, 4) is 17.0 Å². The first-order chi connectivity index (χ1) is 16.8. The first-order valence-electron chi connectivity index (χ1n) is 11.3. The highest BCUT2D eigenvalue weighted by molar-refractivity contribution is 6.00. The first kappa shape index (κ1) is 22.6. The van der Waals surface area contributed by atoms with Gasteiger partial charge >= 0.3 is 6.09 Å². The third-order valence-electron chi connectivity index (χ3n) is 6.77. The highest BCUT2D eigenvalue weighted by Gasteiger charge is 2.41. The summed E-state index contributed by atoms with van der Waals surface area (Å²) >= 11 is 0. The van der Waals surface area contributed by atoms with E-state index in [-0.39, 0.29) is 34.9 Å². The fourth-order valence-electron chi connectivity index (χ4n) is 4.76. The minimum atomic E-state index is -1.17. The number of nitrogen functional groups attached to an aromatic ring is 1. The van der Waals surface area contributed by atoms with Crippen molar-refractivity contribution in [2.24, 2.45) is 5.92 Å². The number of nitrogens with one attached hydrogen (secondary N) is 2. The molecule has 11 heteroatoms. The molecule has 1 fully saturated rings. The van der Waals surface area contributed by atoms with E-state index in [0.29, 0.717) is 53.9 Å². The number of hydrogen-bond donors (Lipinski definition) is 4. The Morgan fingerprint density at radius 1 is 1.26 bits per heavy atom. The Hall–Kier alpha value is -4.15. The summed E-state index contributed by atoms with van der Waals surface area (Å²) in [4.78, 5) is 33.7. The first-order valence-corrected chi connectivity index (χ1v) is 11.3. The summed E-state index contributed by atoms with van der Waals surface area (Å²) < 4.78 is 21.0. The zero-order valence-electron chi connectivity index (χ0n) is 19.3. The third-order valence-corrected chi connectivity index (χ3v) is 6.77. The highest BCUT2D eigenvalue weighted by atomic mass is 19.1. The smallest absolute Gasteiger partial charge is 0.413 e. The van der Waals surface area contributed by atoms with Crippen LogP contribution in [0.1, 0.15) is 18.4 Å². The molecule has 10 nitrogen and oxygen atoms in total. The summed E-state index contributed by atoms with van der Waals surface area (Å²) in [5, 5.41) is 16.6. The number of hydrogen-bond acceptors (Lipinski definition) is 7. The monoisotopic (exact) mass is 480 g/mol. The Kier molecular flexibility index (Phi) is 5.54. The Labute approximate surface area is 200 Å². The predicted octanol–water partition coefficient (Wildman–Crippen LogP) is 3.14. The molecule has 0 spiro atoms. The van der Waals surface area contributed by atoms with E-state index in [9.17, 15) is 14.7 Å². The van der Waals surface area contributed by atoms with E-state index in [0.717, 1.165) is 10.5 Å². The van der Waals surface area contributed by atoms with Gasteiger partial charge in [0.2, 0.25) is 11.8 Å². The second-order valence-corrected chi connectivity index (χ2v) is 8.76. The molecule has 0 atom stereocenters. The third kappa shape index (κ3) is 3.72. The molecule has 0 bridgehead atoms. The molecule has 1 aliphatic heterocycles. The summed E-state index contributed by atoms with van der Waals surface area (Å²) in [6.07, 6.45) is 2.55. The molecular weight excluding hydrogens is 455 g/mol. The van der Waals surface area contributed by atoms with Crippen LogP contribution in [-0.2, 0) is 4.79 Å². The predicted molar refractivity (Wildman–Crippen MR) is 129 cm³/mol. The number of nitrogens with two attached hydrogens (primary N) is 1. The second-order valence-electron chi connectivity index (χ2n) is 8.76. The molecule has 35 heavy (non-hydrogen) atoms. The van der Waals surface area contributed by atoms with Crippen molar-refractivity contribution in [3.05, 3.63) is 35.9 Å². The van der Waals surface area contributed by atoms with Crippen molar-refractivity contribution in [2.75, 3.05) is 36.1 Å². The normalized spacial score (nSPS) is 18.6. The van der Waals surface area contributed by atoms with Crippen LogP contribution in [0.4, 0.5) is 26.4 Å². The lowest BCUT2D eigenvalue weighted by molar-refractivity contribution is -0.127. The molecule has 2 amide bonds. The minimum absolute atomic E-state index is 0.0805. The number of pyridine rings is 2. The van der Waals surface area contributed by atoms with Crippen LogP contribution in [0, 0.1) is 18.7 Å². The lowest BCUT2D eigenvalue weighted by Crippen LogP contribution is -2.51. The van der Waals surface area contributed by atoms with Gasteiger partial charge in [0, 0.05) is 54.5 Å². The number of carboxylic acid groups (broad SMARTS) is 1. The lowest BCUT2D eigenvalue weighted by atomic mass is 9.78. The Morgan fingerprint density at radius 2 is 2.03 bits per heavy atom. The number of benzene rings is 1. The molecular formula is C24H25FN6O4. The number of aromatic nitrogens is 2. The highest BCUT2D eigenvalue weighted by Crippen LogP contribution is 2.40. The van der Waals surface area contributed by atoms with E-state index < -0.39 is 11.9 Å². The maximum Gasteiger partial charge on any atom is 0.413 e. The Bertz CT molecular complexity index is 1360. The van der Waals surface area contributed by atoms with E-state index in [1.165, 1.54) is 6.20 Å². The van der Waals surface area contributed by atoms with Crippen LogP contribution in [0.5, 0.6) is 5.88 Å². The number of carbonyl (C=O) groups excluding carboxylic acids is 1. The molecule has 5 N–H and O–H groups in total. The largest absolute Gasteiger partial charge is 0.474 e. The molecule has 2 aromatic heterocycles. The molecule has 182 valence electrons. The molecule has 1 saturated carbocycles. The van der Waals surface area contributed by atoms with Crippen LogP contribution < -0.4 is 26.0 Å². The van der Waals surface area contributed by atoms with Crippen molar-refractivity contribution in [3.63, 3.8) is 0 Å². The zero-order valence-corrected chi connectivity index (χ0v) is 19.3. The van der Waals surface area contributed by atoms with Crippen molar-refractivity contribution in [1.29, 1.82) is 0 Å². The van der Waals surface area contributed by atoms with E-state index >= 15 is 4.39 Å². The standard InChI is InChI=1S/C24H25FN6O4/c1-11-16(9-30-23-21(11)28-3-4-35-23)15-7-12-8-18(29-10-17(12)20(26)19(15)25)31(24(33)34)14-5-13(6-14)22(32)27-2/h7-10,13-14,28H,3-6,26H2,1-2H3,(H,27,32)(H,33,34)/t13-,14-. The van der Waals surface area contributed by atoms with Crippen molar-refractivity contribution in [2.45, 2.75) is 25.8 Å². The number of ether oxygens (including phenoxy) is 1. The fourth-order valence-corrected chi connectivity index (χ4v) is 4.76. The fraction of sp³-hybridized carbons (Fsp3) is 0.333. The number of rotatable bonds is 4. The average molecular weight is 481 g/mol. The van der Waals surface area contributed by atoms with Crippen LogP contribution in [-0.4, -0.2) is 53.3 Å². The number of carbonyl (C=O) groups is 2. The number of fused-ring (bicyclic) bond motifs is 2. The second kappa shape index (κ2) is 8.57. The molecule has 0 saturated heterocycles. The van der Waals surface area contributed by atoms with E-state index in [2.05, 4.69) is 20.6 Å². The molecule has 3 aromatic rings. The summed E-state index contributed by atoms with van der Waals surface area (Å²) in [6.45, 7) is 2.96. The number of anilines is 3. The molecule has 2 aliphatic rings. The number of halogens is 1. The maximum atomic E-state index is 15.4. The summed E-state index contributed by atoms with van der Waals surface area (Å²) in [5.41, 5.74) is 8.33. The molecule has 1 aromatic carbocycles. The molecule has 0 radical (unpaired) electrons. The van der Waals surface area contributed by atoms with Crippen LogP contribution in [0.3, 0.4) is 0 Å². The van der Waals surface area contributed by atoms with Gasteiger partial charge in [0.15, 0.2) is 5.82 Å². The van der Waals surface area contributed by atoms with Crippen LogP contribution in [0.25, 0.3) is 21.9 Å². The zero-order chi connectivity index (χ0) is 24.9. The Balaban J connectivity index is 1.56. The maximum absolute atomic E-state index is 15.4. The Morgan fingerprint density at radius 3 is 2.74 bits per heavy atom. The number of nitrogens with zero attached hydrogens (tertiary/aromatic N) is 3. The van der Waals surface area contributed by atoms with Gasteiger partial charge in [-0.3, -0.25) is 9.69 Å². The van der Waals surface area contributed by atoms with E-state index in [1.54, 1.807) is 25.4 Å². The number of amides is 2. The van der Waals surface area contributed by atoms with Crippen molar-refractivity contribution < 1.29 is 23.8 Å². The molecule has 1 aliphatic carbocycles. The topological polar surface area (TPSA) is 143 Å². The molecule has 3 heterocycles. The minimum Gasteiger partial charge on any atom is -0.474 e. The SMILES string of the molecule is CNC(=O)[C@H]1C[C@H](N(C(=O)O)c2cc3cc(-c4cnc5c(c4C)NCCO5)c(F)c(N)c3cn2)C1. The van der Waals surface area contributed by atoms with Gasteiger partial charge in [0.05, 0.1) is 5.69 Å². The van der Waals surface area contributed by atoms with Gasteiger partial charge in [0.25, 0.3) is 0 Å². The van der Waals surface area contributed by atoms with E-state index in [1.807, 2.05) is 6.92 Å². The average Bonchev–Trinajstić information content (AvgIpc) is 2.83. The lowest BCUT2D eigenvalue weighted by Gasteiger charge is -2.39. The van der Waals surface area contributed by atoms with Gasteiger partial charge in [-0.2, -0.15) is 0 Å². The summed E-state index contributed by atoms with van der Waals surface area (Å²) in [6, 6.07) is 2.83. The van der Waals surface area contributed by atoms with Crippen LogP contribution in [0.2, 0.25) is 0 Å². The quantitative estimate of drug-likeness (QED) is 0.417. The summed E-state index contributed by atoms with van der Waals surface area (Å²) in [5.74, 6) is -0.291. The summed E-state index contributed by atoms with van der Waals surface area (Å²) in [7, 11) is 1.56. The van der Waals surface area contributed by atoms with Gasteiger partial charge < -0.3 is 26.2 Å². The molecule has 0 unspecified atom stereocenters. The van der Waals surface area contributed by atoms with Gasteiger partial charge in [-0.1, -0.05) is 0 Å². The van der Waals surface area contributed by atoms with Crippen molar-refractivity contribution in [1.82, 2.24) is 15.3 Å². The van der Waals surface area contributed by atoms with Crippen LogP contribution in [0.15, 0.2) is 24.5 Å². The van der Waals surface area contributed by atoms with Gasteiger partial charge in [-0.15, -0.1) is 0 Å². The van der Waals surface area contributed by atoms with Gasteiger partial charge in [0.1, 0.15) is 18.1 Å². The van der Waals surface area contributed by atoms with E-state index in [4.69, 9.17) is 10.5 Å². The molecule has 5 rings (SSSR count).